The van der Waals surface area contributed by atoms with Gasteiger partial charge in [-0.3, -0.25) is 9.69 Å². The van der Waals surface area contributed by atoms with Gasteiger partial charge in [-0.15, -0.1) is 11.3 Å². The van der Waals surface area contributed by atoms with E-state index in [1.54, 1.807) is 11.3 Å². The molecule has 174 valence electrons. The van der Waals surface area contributed by atoms with Crippen LogP contribution >= 0.6 is 11.3 Å². The van der Waals surface area contributed by atoms with Gasteiger partial charge in [0.2, 0.25) is 5.91 Å². The van der Waals surface area contributed by atoms with Gasteiger partial charge in [-0.25, -0.2) is 4.98 Å². The van der Waals surface area contributed by atoms with Crippen LogP contribution in [-0.4, -0.2) is 55.2 Å². The number of nitrogens with zero attached hydrogens (tertiary/aromatic N) is 3. The molecule has 4 rings (SSSR count). The number of hydrogen-bond acceptors (Lipinski definition) is 6. The molecule has 0 unspecified atom stereocenters. The number of nitrogens with one attached hydrogen (secondary N) is 1. The van der Waals surface area contributed by atoms with Crippen LogP contribution in [-0.2, 0) is 22.5 Å². The summed E-state index contributed by atoms with van der Waals surface area (Å²) in [6.07, 6.45) is 0.266. The standard InChI is InChI=1S/C26H32N4O2S/c1-3-30(4-2)24-10-8-22(9-11-24)27-25(31)17-23-19-33-26(28-23)21-7-5-6-20(16-21)18-29-12-14-32-15-13-29/h5-11,16,19H,3-4,12-15,17-18H2,1-2H3,(H,27,31). The van der Waals surface area contributed by atoms with Crippen LogP contribution in [0.25, 0.3) is 10.6 Å². The number of anilines is 2. The number of benzene rings is 2. The molecular weight excluding hydrogens is 432 g/mol. The quantitative estimate of drug-likeness (QED) is 0.499. The number of rotatable bonds is 9. The van der Waals surface area contributed by atoms with Crippen LogP contribution in [0.5, 0.6) is 0 Å². The highest BCUT2D eigenvalue weighted by atomic mass is 32.1. The summed E-state index contributed by atoms with van der Waals surface area (Å²) in [6.45, 7) is 10.7. The molecule has 1 saturated heterocycles. The first kappa shape index (κ1) is 23.4. The van der Waals surface area contributed by atoms with Gasteiger partial charge in [0.1, 0.15) is 5.01 Å². The van der Waals surface area contributed by atoms with Gasteiger partial charge in [-0.05, 0) is 49.7 Å². The number of hydrogen-bond donors (Lipinski definition) is 1. The van der Waals surface area contributed by atoms with Gasteiger partial charge < -0.3 is 15.0 Å². The summed E-state index contributed by atoms with van der Waals surface area (Å²) in [5.41, 5.74) is 5.15. The molecule has 7 heteroatoms. The van der Waals surface area contributed by atoms with Crippen LogP contribution in [0.1, 0.15) is 25.1 Å². The Balaban J connectivity index is 1.34. The van der Waals surface area contributed by atoms with Crippen molar-refractivity contribution in [1.82, 2.24) is 9.88 Å². The van der Waals surface area contributed by atoms with Gasteiger partial charge in [0.15, 0.2) is 0 Å². The molecule has 0 aliphatic carbocycles. The van der Waals surface area contributed by atoms with Crippen molar-refractivity contribution in [2.45, 2.75) is 26.8 Å². The second kappa shape index (κ2) is 11.4. The molecule has 1 aliphatic heterocycles. The van der Waals surface area contributed by atoms with Crippen LogP contribution < -0.4 is 10.2 Å². The Morgan fingerprint density at radius 3 is 2.61 bits per heavy atom. The molecule has 0 bridgehead atoms. The zero-order chi connectivity index (χ0) is 23.0. The van der Waals surface area contributed by atoms with Crippen molar-refractivity contribution in [3.8, 4) is 10.6 Å². The molecule has 0 radical (unpaired) electrons. The molecule has 1 fully saturated rings. The van der Waals surface area contributed by atoms with Crippen LogP contribution in [0.15, 0.2) is 53.9 Å². The Hall–Kier alpha value is -2.74. The molecule has 1 amide bonds. The van der Waals surface area contributed by atoms with Crippen molar-refractivity contribution in [3.63, 3.8) is 0 Å². The first-order chi connectivity index (χ1) is 16.1. The minimum atomic E-state index is -0.0523. The normalized spacial score (nSPS) is 14.2. The molecule has 0 atom stereocenters. The van der Waals surface area contributed by atoms with E-state index in [4.69, 9.17) is 9.72 Å². The Labute approximate surface area is 200 Å². The third kappa shape index (κ3) is 6.41. The van der Waals surface area contributed by atoms with Crippen LogP contribution in [0.3, 0.4) is 0 Å². The molecule has 3 aromatic rings. The average Bonchev–Trinajstić information content (AvgIpc) is 3.30. The van der Waals surface area contributed by atoms with E-state index >= 15 is 0 Å². The Morgan fingerprint density at radius 1 is 1.12 bits per heavy atom. The zero-order valence-electron chi connectivity index (χ0n) is 19.4. The van der Waals surface area contributed by atoms with E-state index < -0.39 is 0 Å². The monoisotopic (exact) mass is 464 g/mol. The van der Waals surface area contributed by atoms with E-state index in [-0.39, 0.29) is 12.3 Å². The predicted molar refractivity (Wildman–Crippen MR) is 136 cm³/mol. The fourth-order valence-electron chi connectivity index (χ4n) is 4.05. The van der Waals surface area contributed by atoms with E-state index in [0.717, 1.165) is 73.6 Å². The number of thiazole rings is 1. The van der Waals surface area contributed by atoms with Gasteiger partial charge >= 0.3 is 0 Å². The fourth-order valence-corrected chi connectivity index (χ4v) is 4.87. The molecule has 2 aromatic carbocycles. The van der Waals surface area contributed by atoms with Crippen molar-refractivity contribution >= 4 is 28.6 Å². The highest BCUT2D eigenvalue weighted by Gasteiger charge is 2.13. The number of aromatic nitrogens is 1. The van der Waals surface area contributed by atoms with Crippen molar-refractivity contribution < 1.29 is 9.53 Å². The van der Waals surface area contributed by atoms with Crippen molar-refractivity contribution in [1.29, 1.82) is 0 Å². The maximum Gasteiger partial charge on any atom is 0.230 e. The van der Waals surface area contributed by atoms with E-state index in [0.29, 0.717) is 0 Å². The number of amides is 1. The lowest BCUT2D eigenvalue weighted by Crippen LogP contribution is -2.35. The summed E-state index contributed by atoms with van der Waals surface area (Å²) in [5.74, 6) is -0.0523. The van der Waals surface area contributed by atoms with Gasteiger partial charge in [-0.2, -0.15) is 0 Å². The van der Waals surface area contributed by atoms with Gasteiger partial charge in [0, 0.05) is 55.0 Å². The summed E-state index contributed by atoms with van der Waals surface area (Å²) < 4.78 is 5.44. The fraction of sp³-hybridized carbons (Fsp3) is 0.385. The number of morpholine rings is 1. The molecule has 2 heterocycles. The maximum atomic E-state index is 12.6. The summed E-state index contributed by atoms with van der Waals surface area (Å²) >= 11 is 1.59. The van der Waals surface area contributed by atoms with Crippen molar-refractivity contribution in [2.24, 2.45) is 0 Å². The van der Waals surface area contributed by atoms with Crippen molar-refractivity contribution in [3.05, 3.63) is 65.2 Å². The van der Waals surface area contributed by atoms with E-state index in [1.807, 2.05) is 29.6 Å². The smallest absolute Gasteiger partial charge is 0.230 e. The molecule has 0 saturated carbocycles. The summed E-state index contributed by atoms with van der Waals surface area (Å²) in [4.78, 5) is 22.0. The van der Waals surface area contributed by atoms with E-state index in [9.17, 15) is 4.79 Å². The molecule has 1 aliphatic rings. The van der Waals surface area contributed by atoms with Crippen LogP contribution in [0, 0.1) is 0 Å². The Kier molecular flexibility index (Phi) is 8.10. The molecule has 6 nitrogen and oxygen atoms in total. The van der Waals surface area contributed by atoms with E-state index in [2.05, 4.69) is 53.2 Å². The lowest BCUT2D eigenvalue weighted by Gasteiger charge is -2.26. The second-order valence-electron chi connectivity index (χ2n) is 8.18. The highest BCUT2D eigenvalue weighted by molar-refractivity contribution is 7.13. The first-order valence-electron chi connectivity index (χ1n) is 11.6. The third-order valence-corrected chi connectivity index (χ3v) is 6.80. The van der Waals surface area contributed by atoms with Crippen LogP contribution in [0.4, 0.5) is 11.4 Å². The molecule has 1 N–H and O–H groups in total. The lowest BCUT2D eigenvalue weighted by molar-refractivity contribution is -0.115. The number of ether oxygens (including phenoxy) is 1. The minimum Gasteiger partial charge on any atom is -0.379 e. The number of carbonyl (C=O) groups excluding carboxylic acids is 1. The number of carbonyl (C=O) groups is 1. The molecular formula is C26H32N4O2S. The van der Waals surface area contributed by atoms with E-state index in [1.165, 1.54) is 5.56 Å². The first-order valence-corrected chi connectivity index (χ1v) is 12.5. The summed E-state index contributed by atoms with van der Waals surface area (Å²) in [6, 6.07) is 16.5. The lowest BCUT2D eigenvalue weighted by atomic mass is 10.1. The predicted octanol–water partition coefficient (Wildman–Crippen LogP) is 4.67. The Morgan fingerprint density at radius 2 is 1.88 bits per heavy atom. The third-order valence-electron chi connectivity index (χ3n) is 5.86. The topological polar surface area (TPSA) is 57.7 Å². The largest absolute Gasteiger partial charge is 0.379 e. The highest BCUT2D eigenvalue weighted by Crippen LogP contribution is 2.26. The zero-order valence-corrected chi connectivity index (χ0v) is 20.2. The minimum absolute atomic E-state index is 0.0523. The summed E-state index contributed by atoms with van der Waals surface area (Å²) in [5, 5.41) is 5.92. The van der Waals surface area contributed by atoms with Crippen LogP contribution in [0.2, 0.25) is 0 Å². The van der Waals surface area contributed by atoms with Gasteiger partial charge in [0.25, 0.3) is 0 Å². The molecule has 33 heavy (non-hydrogen) atoms. The average molecular weight is 465 g/mol. The molecule has 0 spiro atoms. The second-order valence-corrected chi connectivity index (χ2v) is 9.04. The van der Waals surface area contributed by atoms with Gasteiger partial charge in [0.05, 0.1) is 25.3 Å². The molecule has 1 aromatic heterocycles. The SMILES string of the molecule is CCN(CC)c1ccc(NC(=O)Cc2csc(-c3cccc(CN4CCOCC4)c3)n2)cc1. The Bertz CT molecular complexity index is 1040. The van der Waals surface area contributed by atoms with Gasteiger partial charge in [-0.1, -0.05) is 18.2 Å². The maximum absolute atomic E-state index is 12.6. The van der Waals surface area contributed by atoms with Crippen molar-refractivity contribution in [2.75, 3.05) is 49.6 Å². The summed E-state index contributed by atoms with van der Waals surface area (Å²) in [7, 11) is 0.